The van der Waals surface area contributed by atoms with Gasteiger partial charge in [-0.1, -0.05) is 182 Å². The van der Waals surface area contributed by atoms with Crippen molar-refractivity contribution in [2.45, 2.75) is 236 Å². The number of hydrogen-bond donors (Lipinski definition) is 2. The predicted octanol–water partition coefficient (Wildman–Crippen LogP) is 18.0. The molecule has 0 amide bonds. The zero-order valence-electron chi connectivity index (χ0n) is 60.0. The van der Waals surface area contributed by atoms with E-state index in [1.165, 1.54) is 83.9 Å². The molecule has 520 valence electrons. The third-order valence-electron chi connectivity index (χ3n) is 20.4. The zero-order chi connectivity index (χ0) is 68.9. The summed E-state index contributed by atoms with van der Waals surface area (Å²) >= 11 is 0. The van der Waals surface area contributed by atoms with Crippen molar-refractivity contribution < 1.29 is 24.0 Å². The van der Waals surface area contributed by atoms with Crippen molar-refractivity contribution in [3.63, 3.8) is 0 Å². The van der Waals surface area contributed by atoms with Crippen LogP contribution in [0.2, 0.25) is 0 Å². The molecular weight excluding hydrogens is 1200 g/mol. The minimum atomic E-state index is -0.0443. The van der Waals surface area contributed by atoms with Crippen molar-refractivity contribution in [3.8, 4) is 0 Å². The van der Waals surface area contributed by atoms with Crippen LogP contribution in [0, 0.1) is 44.5 Å². The summed E-state index contributed by atoms with van der Waals surface area (Å²) in [7, 11) is 0. The summed E-state index contributed by atoms with van der Waals surface area (Å²) in [5.41, 5.74) is 18.2. The third-order valence-corrected chi connectivity index (χ3v) is 20.4. The molecule has 0 radical (unpaired) electrons. The molecule has 0 aliphatic carbocycles. The normalized spacial score (nSPS) is 12.7. The predicted molar refractivity (Wildman–Crippen MR) is 398 cm³/mol. The summed E-state index contributed by atoms with van der Waals surface area (Å²) in [4.78, 5) is 7.45. The van der Waals surface area contributed by atoms with Crippen LogP contribution in [0.1, 0.15) is 225 Å². The molecule has 4 atom stereocenters. The Morgan fingerprint density at radius 2 is 0.608 bits per heavy atom. The zero-order valence-corrected chi connectivity index (χ0v) is 60.0. The number of benzene rings is 4. The van der Waals surface area contributed by atoms with Gasteiger partial charge in [0.15, 0.2) is 49.6 Å². The summed E-state index contributed by atoms with van der Waals surface area (Å²) in [6.45, 7) is 22.4. The smallest absolute Gasteiger partial charge is 0.180 e. The second kappa shape index (κ2) is 39.3. The van der Waals surface area contributed by atoms with Crippen LogP contribution in [0.3, 0.4) is 0 Å². The number of nitrogens with zero attached hydrogens (tertiary/aromatic N) is 7. The Morgan fingerprint density at radius 1 is 0.330 bits per heavy atom. The number of aliphatic hydroxyl groups is 1. The van der Waals surface area contributed by atoms with E-state index in [1.807, 2.05) is 48.5 Å². The topological polar surface area (TPSA) is 150 Å². The molecular formula is C84H114N8O5. The lowest BCUT2D eigenvalue weighted by atomic mass is 9.88. The Hall–Kier alpha value is -8.16. The van der Waals surface area contributed by atoms with E-state index in [0.29, 0.717) is 69.5 Å². The van der Waals surface area contributed by atoms with Gasteiger partial charge in [-0.25, -0.2) is 0 Å². The van der Waals surface area contributed by atoms with Gasteiger partial charge in [0.1, 0.15) is 0 Å². The molecule has 13 nitrogen and oxygen atoms in total. The van der Waals surface area contributed by atoms with Gasteiger partial charge in [-0.2, -0.15) is 18.9 Å². The average Bonchev–Trinajstić information content (AvgIpc) is 0.829. The Morgan fingerprint density at radius 3 is 0.907 bits per heavy atom. The molecule has 0 bridgehead atoms. The Labute approximate surface area is 582 Å². The largest absolute Gasteiger partial charge is 0.619 e. The van der Waals surface area contributed by atoms with Gasteiger partial charge in [0.25, 0.3) is 0 Å². The van der Waals surface area contributed by atoms with Crippen molar-refractivity contribution in [2.24, 2.45) is 23.7 Å². The number of aliphatic hydroxyl groups excluding tert-OH is 1. The van der Waals surface area contributed by atoms with Gasteiger partial charge < -0.3 is 46.0 Å². The van der Waals surface area contributed by atoms with Crippen LogP contribution >= 0.6 is 0 Å². The lowest BCUT2D eigenvalue weighted by Crippen LogP contribution is -2.28. The van der Waals surface area contributed by atoms with Gasteiger partial charge >= 0.3 is 0 Å². The van der Waals surface area contributed by atoms with Crippen molar-refractivity contribution in [1.82, 2.24) is 0 Å². The molecule has 8 rings (SSSR count). The van der Waals surface area contributed by atoms with E-state index in [4.69, 9.17) is 0 Å². The van der Waals surface area contributed by atoms with Crippen LogP contribution in [-0.4, -0.2) is 5.11 Å². The van der Waals surface area contributed by atoms with E-state index >= 15 is 0 Å². The van der Waals surface area contributed by atoms with Crippen molar-refractivity contribution in [2.75, 3.05) is 20.0 Å². The van der Waals surface area contributed by atoms with Crippen LogP contribution in [0.15, 0.2) is 171 Å². The van der Waals surface area contributed by atoms with Gasteiger partial charge in [-0.05, 0) is 165 Å². The molecule has 0 spiro atoms. The van der Waals surface area contributed by atoms with E-state index in [0.717, 1.165) is 153 Å². The van der Waals surface area contributed by atoms with Crippen LogP contribution in [0.4, 0.5) is 22.7 Å². The van der Waals surface area contributed by atoms with Crippen molar-refractivity contribution >= 4 is 22.7 Å². The summed E-state index contributed by atoms with van der Waals surface area (Å²) in [5.74, 6) is 2.10. The highest BCUT2D eigenvalue weighted by molar-refractivity contribution is 5.59. The Balaban J connectivity index is 1.28. The summed E-state index contributed by atoms with van der Waals surface area (Å²) < 4.78 is 3.39. The van der Waals surface area contributed by atoms with E-state index in [9.17, 15) is 25.9 Å². The highest BCUT2D eigenvalue weighted by Gasteiger charge is 2.24. The van der Waals surface area contributed by atoms with Gasteiger partial charge in [0.2, 0.25) is 0 Å². The SMILES string of the molecule is CCCCC(CC)Cc1ccc(N(Cc2cc[n+]([O-])cc2)Cc2cc(N(Cc3cc[n+]([O-])cc3)Cc3cc(N(Cc4cc[n+]([O-])cc4)Cc4cc(NCc5cc[n+]([O-])cc5)ccc4CC(CC)CCCC)ccc3CC(CC)CCCC)ccc2CC(CC)CCCC)cc1CO. The fourth-order valence-corrected chi connectivity index (χ4v) is 14.0. The molecule has 0 saturated heterocycles. The monoisotopic (exact) mass is 1310 g/mol. The maximum Gasteiger partial charge on any atom is 0.180 e. The molecule has 0 aliphatic rings. The van der Waals surface area contributed by atoms with E-state index in [2.05, 4.69) is 148 Å². The molecule has 0 saturated carbocycles. The first kappa shape index (κ1) is 74.6. The van der Waals surface area contributed by atoms with Crippen molar-refractivity contribution in [1.29, 1.82) is 0 Å². The van der Waals surface area contributed by atoms with Crippen LogP contribution in [0.25, 0.3) is 0 Å². The first-order chi connectivity index (χ1) is 47.2. The Kier molecular flexibility index (Phi) is 30.2. The molecule has 4 heterocycles. The third kappa shape index (κ3) is 23.3. The lowest BCUT2D eigenvalue weighted by molar-refractivity contribution is -0.605. The number of pyridine rings is 4. The summed E-state index contributed by atoms with van der Waals surface area (Å²) in [6, 6.07) is 43.3. The van der Waals surface area contributed by atoms with Gasteiger partial charge in [-0.15, -0.1) is 0 Å². The molecule has 13 heteroatoms. The summed E-state index contributed by atoms with van der Waals surface area (Å²) in [5, 5.41) is 64.8. The van der Waals surface area contributed by atoms with Crippen LogP contribution in [-0.2, 0) is 78.1 Å². The van der Waals surface area contributed by atoms with E-state index in [1.54, 1.807) is 49.6 Å². The molecule has 0 fully saturated rings. The number of rotatable bonds is 43. The highest BCUT2D eigenvalue weighted by atomic mass is 16.5. The van der Waals surface area contributed by atoms with E-state index < -0.39 is 0 Å². The fraction of sp³-hybridized carbons (Fsp3) is 0.476. The van der Waals surface area contributed by atoms with Crippen LogP contribution in [0.5, 0.6) is 0 Å². The number of anilines is 4. The second-order valence-corrected chi connectivity index (χ2v) is 27.7. The van der Waals surface area contributed by atoms with E-state index in [-0.39, 0.29) is 6.61 Å². The maximum atomic E-state index is 12.8. The maximum absolute atomic E-state index is 12.8. The molecule has 4 aromatic heterocycles. The lowest BCUT2D eigenvalue weighted by Gasteiger charge is -2.32. The minimum Gasteiger partial charge on any atom is -0.619 e. The molecule has 4 unspecified atom stereocenters. The molecule has 8 aromatic rings. The number of aromatic nitrogens is 4. The minimum absolute atomic E-state index is 0.0443. The van der Waals surface area contributed by atoms with Gasteiger partial charge in [0.05, 0.1) is 6.61 Å². The first-order valence-corrected chi connectivity index (χ1v) is 37.0. The van der Waals surface area contributed by atoms with Gasteiger partial charge in [0, 0.05) is 117 Å². The Bertz CT molecular complexity index is 3580. The number of unbranched alkanes of at least 4 members (excludes halogenated alkanes) is 4. The van der Waals surface area contributed by atoms with Crippen LogP contribution < -0.4 is 38.9 Å². The molecule has 0 aliphatic heterocycles. The average molecular weight is 1320 g/mol. The first-order valence-electron chi connectivity index (χ1n) is 37.0. The second-order valence-electron chi connectivity index (χ2n) is 27.7. The standard InChI is InChI=1S/C84H114N8O5/c1-9-17-21-65(13-5)49-73-25-29-81(85-57-69-33-41-89(94)42-34-69)53-77(73)61-86(58-70-35-43-90(95)44-36-70)82-30-26-74(50-66(14-6)22-18-10-2)78(54-82)62-87(59-71-37-45-91(96)46-38-71)83-31-27-75(51-67(15-7)23-19-11-3)79(55-83)63-88(60-72-39-47-92(97)48-40-72)84-32-28-76(80(56-84)64-93)52-68(16-8)24-20-12-4/h25-48,53-56,65-68,85,93H,9-24,49-52,57-64H2,1-8H3. The quantitative estimate of drug-likeness (QED) is 0.0281. The van der Waals surface area contributed by atoms with Gasteiger partial charge in [-0.3, -0.25) is 0 Å². The summed E-state index contributed by atoms with van der Waals surface area (Å²) in [6.07, 6.45) is 34.9. The molecule has 2 N–H and O–H groups in total. The number of nitrogens with one attached hydrogen (secondary N) is 1. The highest BCUT2D eigenvalue weighted by Crippen LogP contribution is 2.36. The molecule has 97 heavy (non-hydrogen) atoms. The number of hydrogen-bond acceptors (Lipinski definition) is 9. The fourth-order valence-electron chi connectivity index (χ4n) is 14.0. The molecule has 4 aromatic carbocycles. The van der Waals surface area contributed by atoms with Crippen molar-refractivity contribution in [3.05, 3.63) is 258 Å².